The maximum atomic E-state index is 13.4. The third-order valence-corrected chi connectivity index (χ3v) is 7.56. The molecule has 0 fully saturated rings. The molecule has 0 aliphatic heterocycles. The fourth-order valence-electron chi connectivity index (χ4n) is 4.03. The van der Waals surface area contributed by atoms with Crippen molar-refractivity contribution in [3.8, 4) is 0 Å². The lowest BCUT2D eigenvalue weighted by atomic mass is 9.91. The third-order valence-electron chi connectivity index (χ3n) is 5.81. The van der Waals surface area contributed by atoms with E-state index in [0.717, 1.165) is 48.4 Å². The van der Waals surface area contributed by atoms with Crippen LogP contribution in [0.4, 0.5) is 0 Å². The van der Waals surface area contributed by atoms with Crippen molar-refractivity contribution >= 4 is 44.5 Å². The lowest BCUT2D eigenvalue weighted by Crippen LogP contribution is -2.29. The summed E-state index contributed by atoms with van der Waals surface area (Å²) in [6, 6.07) is 18.4. The maximum Gasteiger partial charge on any atom is 0.337 e. The molecule has 3 aromatic carbocycles. The molecule has 0 radical (unpaired) electrons. The van der Waals surface area contributed by atoms with Gasteiger partial charge in [-0.1, -0.05) is 48.0 Å². The number of carbonyl (C=O) groups is 2. The Morgan fingerprint density at radius 1 is 0.917 bits per heavy atom. The second kappa shape index (κ2) is 10.5. The van der Waals surface area contributed by atoms with Crippen molar-refractivity contribution in [3.63, 3.8) is 0 Å². The largest absolute Gasteiger partial charge is 0.465 e. The molecule has 1 aromatic heterocycles. The first-order valence-corrected chi connectivity index (χ1v) is 12.7. The number of nitrogens with one attached hydrogen (secondary N) is 2. The summed E-state index contributed by atoms with van der Waals surface area (Å²) in [7, 11) is -1.84. The molecule has 0 spiro atoms. The van der Waals surface area contributed by atoms with Crippen LogP contribution in [0.2, 0.25) is 5.02 Å². The molecule has 2 N–H and O–H groups in total. The first kappa shape index (κ1) is 25.4. The number of carbonyl (C=O) groups excluding carboxylic acids is 2. The molecule has 0 saturated carbocycles. The summed E-state index contributed by atoms with van der Waals surface area (Å²) >= 11 is 6.51. The van der Waals surface area contributed by atoms with Crippen molar-refractivity contribution in [3.05, 3.63) is 100 Å². The highest BCUT2D eigenvalue weighted by molar-refractivity contribution is 7.89. The number of aromatic nitrogens is 1. The van der Waals surface area contributed by atoms with Gasteiger partial charge in [0.25, 0.3) is 0 Å². The number of hydrogen-bond donors (Lipinski definition) is 2. The summed E-state index contributed by atoms with van der Waals surface area (Å²) in [5.74, 6) is -2.01. The van der Waals surface area contributed by atoms with Crippen LogP contribution < -0.4 is 4.72 Å². The number of fused-ring (bicyclic) bond motifs is 1. The molecule has 10 heteroatoms. The standard InChI is InChI=1S/C26H23ClN2O6S/c1-34-25(30)16-11-17(26(31)35-2)13-18(12-16)36(32,33)29-15-22(19-7-3-5-9-23(19)27)21-14-28-24-10-6-4-8-20(21)24/h3-14,22,28-29H,15H2,1-2H3/t22-/m0/s1. The Bertz CT molecular complexity index is 1510. The normalized spacial score (nSPS) is 12.3. The smallest absolute Gasteiger partial charge is 0.337 e. The van der Waals surface area contributed by atoms with Gasteiger partial charge in [-0.2, -0.15) is 0 Å². The molecule has 4 rings (SSSR count). The topological polar surface area (TPSA) is 115 Å². The van der Waals surface area contributed by atoms with Gasteiger partial charge in [-0.25, -0.2) is 22.7 Å². The van der Waals surface area contributed by atoms with Crippen LogP contribution >= 0.6 is 11.6 Å². The van der Waals surface area contributed by atoms with Crippen LogP contribution in [0, 0.1) is 0 Å². The number of para-hydroxylation sites is 1. The van der Waals surface area contributed by atoms with Crippen LogP contribution in [0.1, 0.15) is 37.8 Å². The molecule has 0 aliphatic rings. The van der Waals surface area contributed by atoms with E-state index in [9.17, 15) is 18.0 Å². The molecule has 4 aromatic rings. The third kappa shape index (κ3) is 5.13. The van der Waals surface area contributed by atoms with Crippen molar-refractivity contribution in [2.24, 2.45) is 0 Å². The minimum atomic E-state index is -4.17. The summed E-state index contributed by atoms with van der Waals surface area (Å²) in [5, 5.41) is 1.43. The van der Waals surface area contributed by atoms with E-state index in [1.54, 1.807) is 12.1 Å². The highest BCUT2D eigenvalue weighted by Crippen LogP contribution is 2.34. The number of H-pyrrole nitrogens is 1. The Morgan fingerprint density at radius 2 is 1.53 bits per heavy atom. The average molecular weight is 527 g/mol. The number of esters is 2. The number of rotatable bonds is 8. The van der Waals surface area contributed by atoms with Gasteiger partial charge < -0.3 is 14.5 Å². The van der Waals surface area contributed by atoms with E-state index in [2.05, 4.69) is 9.71 Å². The molecule has 0 aliphatic carbocycles. The number of methoxy groups -OCH3 is 2. The summed E-state index contributed by atoms with van der Waals surface area (Å²) in [5.41, 5.74) is 2.31. The van der Waals surface area contributed by atoms with E-state index in [1.165, 1.54) is 6.07 Å². The molecule has 0 amide bonds. The quantitative estimate of drug-likeness (QED) is 0.327. The van der Waals surface area contributed by atoms with Crippen molar-refractivity contribution in [1.29, 1.82) is 0 Å². The van der Waals surface area contributed by atoms with E-state index in [0.29, 0.717) is 5.02 Å². The Morgan fingerprint density at radius 3 is 2.17 bits per heavy atom. The Labute approximate surface area is 213 Å². The molecular formula is C26H23ClN2O6S. The minimum Gasteiger partial charge on any atom is -0.465 e. The van der Waals surface area contributed by atoms with Gasteiger partial charge in [0.15, 0.2) is 0 Å². The predicted octanol–water partition coefficient (Wildman–Crippen LogP) is 4.50. The zero-order valence-corrected chi connectivity index (χ0v) is 21.0. The number of hydrogen-bond acceptors (Lipinski definition) is 6. The number of aromatic amines is 1. The molecule has 1 heterocycles. The molecule has 1 atom stereocenters. The van der Waals surface area contributed by atoms with Crippen LogP contribution in [0.25, 0.3) is 10.9 Å². The zero-order valence-electron chi connectivity index (χ0n) is 19.4. The van der Waals surface area contributed by atoms with E-state index >= 15 is 0 Å². The summed E-state index contributed by atoms with van der Waals surface area (Å²) in [6.45, 7) is -0.0378. The van der Waals surface area contributed by atoms with Gasteiger partial charge in [0.05, 0.1) is 30.2 Å². The van der Waals surface area contributed by atoms with E-state index in [1.807, 2.05) is 42.6 Å². The zero-order chi connectivity index (χ0) is 25.9. The van der Waals surface area contributed by atoms with Crippen molar-refractivity contribution < 1.29 is 27.5 Å². The van der Waals surface area contributed by atoms with Crippen molar-refractivity contribution in [2.75, 3.05) is 20.8 Å². The number of halogens is 1. The van der Waals surface area contributed by atoms with Crippen molar-refractivity contribution in [2.45, 2.75) is 10.8 Å². The van der Waals surface area contributed by atoms with Gasteiger partial charge >= 0.3 is 11.9 Å². The number of ether oxygens (including phenoxy) is 2. The molecule has 0 unspecified atom stereocenters. The lowest BCUT2D eigenvalue weighted by Gasteiger charge is -2.20. The van der Waals surface area contributed by atoms with Crippen LogP contribution in [0.3, 0.4) is 0 Å². The molecule has 8 nitrogen and oxygen atoms in total. The van der Waals surface area contributed by atoms with Crippen molar-refractivity contribution in [1.82, 2.24) is 9.71 Å². The van der Waals surface area contributed by atoms with E-state index < -0.39 is 27.9 Å². The molecule has 36 heavy (non-hydrogen) atoms. The summed E-state index contributed by atoms with van der Waals surface area (Å²) < 4.78 is 38.7. The van der Waals surface area contributed by atoms with Gasteiger partial charge in [0.1, 0.15) is 0 Å². The first-order valence-electron chi connectivity index (χ1n) is 10.9. The summed E-state index contributed by atoms with van der Waals surface area (Å²) in [6.07, 6.45) is 1.83. The predicted molar refractivity (Wildman–Crippen MR) is 136 cm³/mol. The van der Waals surface area contributed by atoms with Gasteiger partial charge in [0, 0.05) is 34.6 Å². The fourth-order valence-corrected chi connectivity index (χ4v) is 5.41. The van der Waals surface area contributed by atoms with Gasteiger partial charge in [-0.05, 0) is 41.5 Å². The van der Waals surface area contributed by atoms with E-state index in [4.69, 9.17) is 21.1 Å². The fraction of sp³-hybridized carbons (Fsp3) is 0.154. The highest BCUT2D eigenvalue weighted by Gasteiger charge is 2.25. The second-order valence-electron chi connectivity index (χ2n) is 7.94. The van der Waals surface area contributed by atoms with Crippen LogP contribution in [-0.4, -0.2) is 46.1 Å². The Balaban J connectivity index is 1.74. The monoisotopic (exact) mass is 526 g/mol. The van der Waals surface area contributed by atoms with Gasteiger partial charge in [-0.15, -0.1) is 0 Å². The Kier molecular flexibility index (Phi) is 7.44. The Hall–Kier alpha value is -3.66. The first-order chi connectivity index (χ1) is 17.2. The van der Waals surface area contributed by atoms with Crippen LogP contribution in [-0.2, 0) is 19.5 Å². The van der Waals surface area contributed by atoms with Crippen LogP contribution in [0.5, 0.6) is 0 Å². The van der Waals surface area contributed by atoms with Crippen LogP contribution in [0.15, 0.2) is 77.8 Å². The molecule has 0 saturated heterocycles. The second-order valence-corrected chi connectivity index (χ2v) is 10.1. The SMILES string of the molecule is COC(=O)c1cc(C(=O)OC)cc(S(=O)(=O)NC[C@@H](c2ccccc2Cl)c2c[nH]c3ccccc23)c1. The molecular weight excluding hydrogens is 504 g/mol. The number of sulfonamides is 1. The van der Waals surface area contributed by atoms with Gasteiger partial charge in [0.2, 0.25) is 10.0 Å². The number of benzene rings is 3. The average Bonchev–Trinajstić information content (AvgIpc) is 3.32. The molecule has 186 valence electrons. The lowest BCUT2D eigenvalue weighted by molar-refractivity contribution is 0.0598. The molecule has 0 bridgehead atoms. The maximum absolute atomic E-state index is 13.4. The summed E-state index contributed by atoms with van der Waals surface area (Å²) in [4.78, 5) is 27.2. The van der Waals surface area contributed by atoms with Gasteiger partial charge in [-0.3, -0.25) is 0 Å². The highest BCUT2D eigenvalue weighted by atomic mass is 35.5. The minimum absolute atomic E-state index is 0.0378. The van der Waals surface area contributed by atoms with E-state index in [-0.39, 0.29) is 22.6 Å².